The molecule has 3 heterocycles. The molecule has 1 unspecified atom stereocenters. The fraction of sp³-hybridized carbons (Fsp3) is 0.292. The van der Waals surface area contributed by atoms with Gasteiger partial charge in [0.25, 0.3) is 0 Å². The average Bonchev–Trinajstić information content (AvgIpc) is 3.37. The van der Waals surface area contributed by atoms with E-state index in [1.165, 1.54) is 17.0 Å². The van der Waals surface area contributed by atoms with Gasteiger partial charge in [0.05, 0.1) is 19.7 Å². The number of benzene rings is 2. The minimum atomic E-state index is -0.255. The summed E-state index contributed by atoms with van der Waals surface area (Å²) < 4.78 is 22.6. The molecule has 6 heteroatoms. The van der Waals surface area contributed by atoms with Crippen LogP contribution in [-0.4, -0.2) is 33.1 Å². The zero-order valence-electron chi connectivity index (χ0n) is 17.2. The quantitative estimate of drug-likeness (QED) is 0.525. The first-order valence-electron chi connectivity index (χ1n) is 10.4. The van der Waals surface area contributed by atoms with E-state index in [2.05, 4.69) is 44.6 Å². The summed E-state index contributed by atoms with van der Waals surface area (Å²) in [5.74, 6) is 1.27. The van der Waals surface area contributed by atoms with Crippen LogP contribution in [0.2, 0.25) is 0 Å². The molecule has 1 aliphatic rings. The number of nitrogens with one attached hydrogen (secondary N) is 1. The molecule has 0 aliphatic carbocycles. The SMILES string of the molecule is CCn1ccnc1CN1CCc2c([nH]c3ccccc23)C1c1ccc(OC)cc1F. The van der Waals surface area contributed by atoms with Crippen LogP contribution >= 0.6 is 0 Å². The van der Waals surface area contributed by atoms with Crippen LogP contribution < -0.4 is 4.74 Å². The molecule has 2 aromatic carbocycles. The van der Waals surface area contributed by atoms with Crippen LogP contribution in [0.3, 0.4) is 0 Å². The van der Waals surface area contributed by atoms with E-state index in [0.717, 1.165) is 36.5 Å². The molecule has 4 aromatic rings. The van der Waals surface area contributed by atoms with Gasteiger partial charge in [-0.3, -0.25) is 4.90 Å². The number of hydrogen-bond acceptors (Lipinski definition) is 3. The van der Waals surface area contributed by atoms with Crippen molar-refractivity contribution in [1.82, 2.24) is 19.4 Å². The molecule has 0 amide bonds. The van der Waals surface area contributed by atoms with E-state index in [1.54, 1.807) is 7.11 Å². The maximum absolute atomic E-state index is 15.2. The number of methoxy groups -OCH3 is 1. The molecule has 30 heavy (non-hydrogen) atoms. The predicted molar refractivity (Wildman–Crippen MR) is 115 cm³/mol. The first kappa shape index (κ1) is 18.9. The van der Waals surface area contributed by atoms with Crippen LogP contribution in [0.1, 0.15) is 35.6 Å². The largest absolute Gasteiger partial charge is 0.497 e. The Kier molecular flexibility index (Phi) is 4.79. The van der Waals surface area contributed by atoms with Crippen LogP contribution in [0, 0.1) is 5.82 Å². The van der Waals surface area contributed by atoms with Crippen molar-refractivity contribution < 1.29 is 9.13 Å². The zero-order chi connectivity index (χ0) is 20.7. The molecule has 0 radical (unpaired) electrons. The number of aryl methyl sites for hydroxylation is 1. The lowest BCUT2D eigenvalue weighted by Crippen LogP contribution is -2.36. The Hall–Kier alpha value is -3.12. The van der Waals surface area contributed by atoms with Crippen LogP contribution in [0.5, 0.6) is 5.75 Å². The minimum Gasteiger partial charge on any atom is -0.497 e. The van der Waals surface area contributed by atoms with Crippen molar-refractivity contribution in [2.45, 2.75) is 32.5 Å². The first-order valence-corrected chi connectivity index (χ1v) is 10.4. The van der Waals surface area contributed by atoms with Crippen molar-refractivity contribution in [3.63, 3.8) is 0 Å². The molecular formula is C24H25FN4O. The van der Waals surface area contributed by atoms with Gasteiger partial charge in [-0.2, -0.15) is 0 Å². The first-order chi connectivity index (χ1) is 14.7. The monoisotopic (exact) mass is 404 g/mol. The van der Waals surface area contributed by atoms with Gasteiger partial charge in [0, 0.05) is 53.7 Å². The number of fused-ring (bicyclic) bond motifs is 3. The molecule has 1 aliphatic heterocycles. The van der Waals surface area contributed by atoms with E-state index in [4.69, 9.17) is 4.74 Å². The van der Waals surface area contributed by atoms with E-state index >= 15 is 4.39 Å². The fourth-order valence-electron chi connectivity index (χ4n) is 4.63. The third kappa shape index (κ3) is 3.08. The minimum absolute atomic E-state index is 0.214. The van der Waals surface area contributed by atoms with Crippen LogP contribution in [0.4, 0.5) is 4.39 Å². The Morgan fingerprint density at radius 3 is 2.90 bits per heavy atom. The molecule has 0 saturated heterocycles. The number of nitrogens with zero attached hydrogens (tertiary/aromatic N) is 3. The van der Waals surface area contributed by atoms with Gasteiger partial charge >= 0.3 is 0 Å². The van der Waals surface area contributed by atoms with Crippen molar-refractivity contribution >= 4 is 10.9 Å². The molecule has 0 fully saturated rings. The summed E-state index contributed by atoms with van der Waals surface area (Å²) in [4.78, 5) is 10.5. The van der Waals surface area contributed by atoms with E-state index in [9.17, 15) is 0 Å². The number of rotatable bonds is 5. The van der Waals surface area contributed by atoms with Gasteiger partial charge in [0.15, 0.2) is 0 Å². The Bertz CT molecular complexity index is 1200. The maximum atomic E-state index is 15.2. The molecule has 0 saturated carbocycles. The predicted octanol–water partition coefficient (Wildman–Crippen LogP) is 4.68. The normalized spacial score (nSPS) is 16.7. The number of hydrogen-bond donors (Lipinski definition) is 1. The molecule has 1 N–H and O–H groups in total. The van der Waals surface area contributed by atoms with Crippen molar-refractivity contribution in [1.29, 1.82) is 0 Å². The molecule has 0 spiro atoms. The number of ether oxygens (including phenoxy) is 1. The van der Waals surface area contributed by atoms with Gasteiger partial charge in [-0.05, 0) is 31.0 Å². The summed E-state index contributed by atoms with van der Waals surface area (Å²) in [5.41, 5.74) is 4.10. The number of para-hydroxylation sites is 1. The number of imidazole rings is 1. The smallest absolute Gasteiger partial charge is 0.132 e. The highest BCUT2D eigenvalue weighted by atomic mass is 19.1. The Labute approximate surface area is 175 Å². The van der Waals surface area contributed by atoms with Gasteiger partial charge in [-0.25, -0.2) is 9.37 Å². The van der Waals surface area contributed by atoms with Crippen molar-refractivity contribution in [3.8, 4) is 5.75 Å². The number of aromatic nitrogens is 3. The van der Waals surface area contributed by atoms with Gasteiger partial charge in [0.1, 0.15) is 17.4 Å². The second-order valence-corrected chi connectivity index (χ2v) is 7.70. The molecule has 5 rings (SSSR count). The number of aromatic amines is 1. The average molecular weight is 404 g/mol. The highest BCUT2D eigenvalue weighted by molar-refractivity contribution is 5.85. The second-order valence-electron chi connectivity index (χ2n) is 7.70. The summed E-state index contributed by atoms with van der Waals surface area (Å²) >= 11 is 0. The summed E-state index contributed by atoms with van der Waals surface area (Å²) in [6.45, 7) is 4.47. The summed E-state index contributed by atoms with van der Waals surface area (Å²) in [5, 5.41) is 1.22. The van der Waals surface area contributed by atoms with E-state index in [1.807, 2.05) is 30.6 Å². The molecule has 1 atom stereocenters. The third-order valence-corrected chi connectivity index (χ3v) is 6.12. The van der Waals surface area contributed by atoms with Gasteiger partial charge in [-0.15, -0.1) is 0 Å². The van der Waals surface area contributed by atoms with E-state index in [0.29, 0.717) is 17.9 Å². The molecule has 2 aromatic heterocycles. The van der Waals surface area contributed by atoms with Crippen LogP contribution in [-0.2, 0) is 19.5 Å². The molecule has 154 valence electrons. The molecule has 0 bridgehead atoms. The standard InChI is InChI=1S/C24H25FN4O/c1-3-28-13-11-26-22(28)15-29-12-10-18-17-6-4-5-7-21(17)27-23(18)24(29)19-9-8-16(30-2)14-20(19)25/h4-9,11,13-14,24,27H,3,10,12,15H2,1-2H3. The highest BCUT2D eigenvalue weighted by Gasteiger charge is 2.34. The second kappa shape index (κ2) is 7.61. The Morgan fingerprint density at radius 1 is 1.23 bits per heavy atom. The van der Waals surface area contributed by atoms with Crippen LogP contribution in [0.25, 0.3) is 10.9 Å². The van der Waals surface area contributed by atoms with Crippen molar-refractivity contribution in [3.05, 3.63) is 83.3 Å². The molecular weight excluding hydrogens is 379 g/mol. The highest BCUT2D eigenvalue weighted by Crippen LogP contribution is 2.40. The lowest BCUT2D eigenvalue weighted by atomic mass is 9.92. The fourth-order valence-corrected chi connectivity index (χ4v) is 4.63. The number of H-pyrrole nitrogens is 1. The summed E-state index contributed by atoms with van der Waals surface area (Å²) in [7, 11) is 1.56. The van der Waals surface area contributed by atoms with Gasteiger partial charge in [0.2, 0.25) is 0 Å². The summed E-state index contributed by atoms with van der Waals surface area (Å²) in [6, 6.07) is 13.3. The zero-order valence-corrected chi connectivity index (χ0v) is 17.2. The Morgan fingerprint density at radius 2 is 2.10 bits per heavy atom. The van der Waals surface area contributed by atoms with Crippen molar-refractivity contribution in [2.24, 2.45) is 0 Å². The number of halogens is 1. The topological polar surface area (TPSA) is 46.1 Å². The van der Waals surface area contributed by atoms with Crippen LogP contribution in [0.15, 0.2) is 54.9 Å². The van der Waals surface area contributed by atoms with Gasteiger partial charge in [-0.1, -0.05) is 24.3 Å². The maximum Gasteiger partial charge on any atom is 0.132 e. The van der Waals surface area contributed by atoms with E-state index in [-0.39, 0.29) is 11.9 Å². The van der Waals surface area contributed by atoms with E-state index < -0.39 is 0 Å². The Balaban J connectivity index is 1.64. The third-order valence-electron chi connectivity index (χ3n) is 6.12. The molecule has 5 nitrogen and oxygen atoms in total. The summed E-state index contributed by atoms with van der Waals surface area (Å²) in [6.07, 6.45) is 4.75. The van der Waals surface area contributed by atoms with Gasteiger partial charge < -0.3 is 14.3 Å². The lowest BCUT2D eigenvalue weighted by molar-refractivity contribution is 0.191. The van der Waals surface area contributed by atoms with Crippen molar-refractivity contribution in [2.75, 3.05) is 13.7 Å². The lowest BCUT2D eigenvalue weighted by Gasteiger charge is -2.36.